The molecule has 0 aliphatic heterocycles. The van der Waals surface area contributed by atoms with Crippen LogP contribution >= 0.6 is 0 Å². The Kier molecular flexibility index (Phi) is 4.81. The maximum absolute atomic E-state index is 11.9. The number of carboxylic acids is 1. The molecular weight excluding hydrogens is 272 g/mol. The monoisotopic (exact) mass is 286 g/mol. The third-order valence-corrected chi connectivity index (χ3v) is 2.65. The molecule has 108 valence electrons. The second-order valence-electron chi connectivity index (χ2n) is 4.23. The lowest BCUT2D eigenvalue weighted by atomic mass is 10.2. The Morgan fingerprint density at radius 1 is 1.33 bits per heavy atom. The smallest absolute Gasteiger partial charge is 0.328 e. The molecule has 7 nitrogen and oxygen atoms in total. The standard InChI is InChI=1S/C14H14N4O3/c19-13(20)2-1-11-7-12(9-16-8-11)14(21)17-4-6-18-5-3-15-10-18/h1-3,5,7-10H,4,6H2,(H,17,21)(H,19,20). The predicted octanol–water partition coefficient (Wildman–Crippen LogP) is 0.806. The van der Waals surface area contributed by atoms with Crippen molar-refractivity contribution in [2.24, 2.45) is 0 Å². The number of aromatic nitrogens is 3. The lowest BCUT2D eigenvalue weighted by Crippen LogP contribution is -2.27. The van der Waals surface area contributed by atoms with E-state index in [2.05, 4.69) is 15.3 Å². The largest absolute Gasteiger partial charge is 0.478 e. The fourth-order valence-corrected chi connectivity index (χ4v) is 1.66. The van der Waals surface area contributed by atoms with Crippen LogP contribution in [0.2, 0.25) is 0 Å². The number of aliphatic carboxylic acids is 1. The van der Waals surface area contributed by atoms with Gasteiger partial charge in [0, 0.05) is 44.0 Å². The van der Waals surface area contributed by atoms with Crippen molar-refractivity contribution in [1.29, 1.82) is 0 Å². The van der Waals surface area contributed by atoms with Crippen LogP contribution in [0.25, 0.3) is 6.08 Å². The molecule has 7 heteroatoms. The number of imidazole rings is 1. The van der Waals surface area contributed by atoms with Gasteiger partial charge in [0.15, 0.2) is 0 Å². The highest BCUT2D eigenvalue weighted by Gasteiger charge is 2.05. The summed E-state index contributed by atoms with van der Waals surface area (Å²) in [5.74, 6) is -1.31. The van der Waals surface area contributed by atoms with Crippen molar-refractivity contribution in [1.82, 2.24) is 19.9 Å². The zero-order chi connectivity index (χ0) is 15.1. The van der Waals surface area contributed by atoms with E-state index in [4.69, 9.17) is 5.11 Å². The highest BCUT2D eigenvalue weighted by atomic mass is 16.4. The normalized spacial score (nSPS) is 10.7. The maximum Gasteiger partial charge on any atom is 0.328 e. The van der Waals surface area contributed by atoms with Crippen molar-refractivity contribution >= 4 is 18.0 Å². The van der Waals surface area contributed by atoms with Gasteiger partial charge < -0.3 is 15.0 Å². The van der Waals surface area contributed by atoms with Crippen LogP contribution in [-0.2, 0) is 11.3 Å². The molecule has 21 heavy (non-hydrogen) atoms. The Labute approximate surface area is 121 Å². The Balaban J connectivity index is 1.92. The molecule has 0 aromatic carbocycles. The number of pyridine rings is 1. The van der Waals surface area contributed by atoms with Crippen LogP contribution in [0.1, 0.15) is 15.9 Å². The van der Waals surface area contributed by atoms with Crippen molar-refractivity contribution in [3.8, 4) is 0 Å². The minimum Gasteiger partial charge on any atom is -0.478 e. The summed E-state index contributed by atoms with van der Waals surface area (Å²) in [6.45, 7) is 1.09. The van der Waals surface area contributed by atoms with Crippen molar-refractivity contribution in [2.45, 2.75) is 6.54 Å². The van der Waals surface area contributed by atoms with Crippen LogP contribution in [0.5, 0.6) is 0 Å². The topological polar surface area (TPSA) is 97.1 Å². The molecule has 2 aromatic heterocycles. The molecule has 0 fully saturated rings. The molecule has 2 N–H and O–H groups in total. The summed E-state index contributed by atoms with van der Waals surface area (Å²) < 4.78 is 1.85. The summed E-state index contributed by atoms with van der Waals surface area (Å²) in [5.41, 5.74) is 0.938. The molecule has 0 saturated heterocycles. The molecule has 0 spiro atoms. The van der Waals surface area contributed by atoms with Gasteiger partial charge in [0.25, 0.3) is 5.91 Å². The second-order valence-corrected chi connectivity index (χ2v) is 4.23. The van der Waals surface area contributed by atoms with E-state index in [1.807, 2.05) is 10.8 Å². The number of carbonyl (C=O) groups excluding carboxylic acids is 1. The summed E-state index contributed by atoms with van der Waals surface area (Å²) in [5, 5.41) is 11.3. The van der Waals surface area contributed by atoms with Gasteiger partial charge in [-0.05, 0) is 17.7 Å². The van der Waals surface area contributed by atoms with Crippen molar-refractivity contribution in [3.05, 3.63) is 54.4 Å². The molecule has 1 amide bonds. The first kappa shape index (κ1) is 14.4. The Morgan fingerprint density at radius 2 is 2.19 bits per heavy atom. The van der Waals surface area contributed by atoms with Gasteiger partial charge >= 0.3 is 5.97 Å². The van der Waals surface area contributed by atoms with Crippen LogP contribution in [0.15, 0.2) is 43.3 Å². The van der Waals surface area contributed by atoms with E-state index in [0.717, 1.165) is 6.08 Å². The molecule has 0 saturated carbocycles. The highest BCUT2D eigenvalue weighted by Crippen LogP contribution is 2.05. The molecule has 2 rings (SSSR count). The number of rotatable bonds is 6. The summed E-state index contributed by atoms with van der Waals surface area (Å²) in [4.78, 5) is 30.2. The number of carboxylic acid groups (broad SMARTS) is 1. The van der Waals surface area contributed by atoms with E-state index in [9.17, 15) is 9.59 Å². The maximum atomic E-state index is 11.9. The second kappa shape index (κ2) is 6.99. The third kappa shape index (κ3) is 4.57. The van der Waals surface area contributed by atoms with Crippen LogP contribution in [0.4, 0.5) is 0 Å². The summed E-state index contributed by atoms with van der Waals surface area (Å²) in [6, 6.07) is 1.58. The van der Waals surface area contributed by atoms with E-state index in [-0.39, 0.29) is 5.91 Å². The number of hydrogen-bond donors (Lipinski definition) is 2. The molecule has 0 bridgehead atoms. The number of nitrogens with one attached hydrogen (secondary N) is 1. The molecule has 0 unspecified atom stereocenters. The summed E-state index contributed by atoms with van der Waals surface area (Å²) in [7, 11) is 0. The predicted molar refractivity (Wildman–Crippen MR) is 75.5 cm³/mol. The number of carbonyl (C=O) groups is 2. The van der Waals surface area contributed by atoms with Gasteiger partial charge in [0.05, 0.1) is 11.9 Å². The van der Waals surface area contributed by atoms with Crippen molar-refractivity contribution < 1.29 is 14.7 Å². The molecule has 2 heterocycles. The van der Waals surface area contributed by atoms with E-state index in [1.54, 1.807) is 18.6 Å². The lowest BCUT2D eigenvalue weighted by molar-refractivity contribution is -0.131. The Hall–Kier alpha value is -2.96. The van der Waals surface area contributed by atoms with Gasteiger partial charge in [0.1, 0.15) is 0 Å². The van der Waals surface area contributed by atoms with E-state index in [1.165, 1.54) is 18.5 Å². The van der Waals surface area contributed by atoms with Gasteiger partial charge in [-0.15, -0.1) is 0 Å². The SMILES string of the molecule is O=C(O)C=Cc1cncc(C(=O)NCCn2ccnc2)c1. The summed E-state index contributed by atoms with van der Waals surface area (Å²) >= 11 is 0. The molecule has 2 aromatic rings. The number of amides is 1. The summed E-state index contributed by atoms with van der Waals surface area (Å²) in [6.07, 6.45) is 10.5. The van der Waals surface area contributed by atoms with Crippen LogP contribution < -0.4 is 5.32 Å². The number of hydrogen-bond acceptors (Lipinski definition) is 4. The van der Waals surface area contributed by atoms with Crippen molar-refractivity contribution in [2.75, 3.05) is 6.54 Å². The number of nitrogens with zero attached hydrogens (tertiary/aromatic N) is 3. The Bertz CT molecular complexity index is 650. The fourth-order valence-electron chi connectivity index (χ4n) is 1.66. The molecule has 0 radical (unpaired) electrons. The van der Waals surface area contributed by atoms with E-state index < -0.39 is 5.97 Å². The van der Waals surface area contributed by atoms with Crippen LogP contribution in [0.3, 0.4) is 0 Å². The zero-order valence-corrected chi connectivity index (χ0v) is 11.1. The van der Waals surface area contributed by atoms with Crippen molar-refractivity contribution in [3.63, 3.8) is 0 Å². The van der Waals surface area contributed by atoms with Crippen LogP contribution in [-0.4, -0.2) is 38.1 Å². The van der Waals surface area contributed by atoms with Gasteiger partial charge in [0.2, 0.25) is 0 Å². The molecule has 0 atom stereocenters. The first-order valence-corrected chi connectivity index (χ1v) is 6.25. The fraction of sp³-hybridized carbons (Fsp3) is 0.143. The van der Waals surface area contributed by atoms with Gasteiger partial charge in [-0.2, -0.15) is 0 Å². The first-order valence-electron chi connectivity index (χ1n) is 6.25. The lowest BCUT2D eigenvalue weighted by Gasteiger charge is -2.06. The minimum absolute atomic E-state index is 0.256. The van der Waals surface area contributed by atoms with E-state index >= 15 is 0 Å². The molecule has 0 aliphatic rings. The van der Waals surface area contributed by atoms with E-state index in [0.29, 0.717) is 24.2 Å². The molecule has 0 aliphatic carbocycles. The average molecular weight is 286 g/mol. The van der Waals surface area contributed by atoms with Gasteiger partial charge in [-0.1, -0.05) is 0 Å². The third-order valence-electron chi connectivity index (χ3n) is 2.65. The van der Waals surface area contributed by atoms with Gasteiger partial charge in [-0.25, -0.2) is 9.78 Å². The highest BCUT2D eigenvalue weighted by molar-refractivity contribution is 5.94. The van der Waals surface area contributed by atoms with Crippen LogP contribution in [0, 0.1) is 0 Å². The Morgan fingerprint density at radius 3 is 2.90 bits per heavy atom. The average Bonchev–Trinajstić information content (AvgIpc) is 2.98. The minimum atomic E-state index is -1.05. The van der Waals surface area contributed by atoms with Gasteiger partial charge in [-0.3, -0.25) is 9.78 Å². The first-order chi connectivity index (χ1) is 10.1. The quantitative estimate of drug-likeness (QED) is 0.766. The molecular formula is C14H14N4O3. The zero-order valence-electron chi connectivity index (χ0n) is 11.1.